The summed E-state index contributed by atoms with van der Waals surface area (Å²) in [5.74, 6) is 0.475. The molecule has 0 spiro atoms. The Kier molecular flexibility index (Phi) is 7.25. The Hall–Kier alpha value is -2.97. The van der Waals surface area contributed by atoms with E-state index in [1.54, 1.807) is 25.3 Å². The zero-order valence-electron chi connectivity index (χ0n) is 17.9. The molecule has 2 N–H and O–H groups in total. The van der Waals surface area contributed by atoms with Gasteiger partial charge in [0.05, 0.1) is 29.4 Å². The summed E-state index contributed by atoms with van der Waals surface area (Å²) in [5.41, 5.74) is 1.70. The van der Waals surface area contributed by atoms with Gasteiger partial charge in [-0.25, -0.2) is 14.4 Å². The third-order valence-electron chi connectivity index (χ3n) is 5.05. The van der Waals surface area contributed by atoms with Crippen molar-refractivity contribution in [2.75, 3.05) is 26.0 Å². The highest BCUT2D eigenvalue weighted by atomic mass is 35.5. The Bertz CT molecular complexity index is 1090. The van der Waals surface area contributed by atoms with Gasteiger partial charge in [-0.15, -0.1) is 0 Å². The molecule has 0 aliphatic heterocycles. The molecule has 7 nitrogen and oxygen atoms in total. The molecule has 1 heterocycles. The van der Waals surface area contributed by atoms with Gasteiger partial charge in [0.1, 0.15) is 17.9 Å². The fourth-order valence-corrected chi connectivity index (χ4v) is 3.37. The van der Waals surface area contributed by atoms with Crippen LogP contribution in [-0.2, 0) is 11.3 Å². The summed E-state index contributed by atoms with van der Waals surface area (Å²) in [6.45, 7) is 4.75. The first-order valence-corrected chi connectivity index (χ1v) is 10.2. The molecule has 0 aliphatic carbocycles. The van der Waals surface area contributed by atoms with Crippen LogP contribution in [0.1, 0.15) is 19.4 Å². The number of fused-ring (bicyclic) bond motifs is 1. The first-order chi connectivity index (χ1) is 14.8. The summed E-state index contributed by atoms with van der Waals surface area (Å²) in [6, 6.07) is 8.08. The SMILES string of the molecule is CCNC(=O)[C@@H](C)N(C)Cc1cc2c(Nc3cccc(Cl)c3F)ncnc2cc1OC. The van der Waals surface area contributed by atoms with Gasteiger partial charge in [0.2, 0.25) is 5.91 Å². The Morgan fingerprint density at radius 2 is 2.10 bits per heavy atom. The third-order valence-corrected chi connectivity index (χ3v) is 5.35. The fraction of sp³-hybridized carbons (Fsp3) is 0.318. The number of rotatable bonds is 8. The van der Waals surface area contributed by atoms with Crippen LogP contribution in [0.4, 0.5) is 15.9 Å². The maximum atomic E-state index is 14.4. The summed E-state index contributed by atoms with van der Waals surface area (Å²) >= 11 is 5.90. The van der Waals surface area contributed by atoms with Crippen LogP contribution in [0.5, 0.6) is 5.75 Å². The van der Waals surface area contributed by atoms with E-state index in [1.165, 1.54) is 12.4 Å². The van der Waals surface area contributed by atoms with Crippen molar-refractivity contribution in [2.24, 2.45) is 0 Å². The number of carbonyl (C=O) groups excluding carboxylic acids is 1. The van der Waals surface area contributed by atoms with E-state index in [-0.39, 0.29) is 22.7 Å². The molecule has 1 atom stereocenters. The molecule has 0 saturated heterocycles. The van der Waals surface area contributed by atoms with Crippen molar-refractivity contribution < 1.29 is 13.9 Å². The Labute approximate surface area is 185 Å². The Balaban J connectivity index is 1.98. The number of halogens is 2. The number of benzene rings is 2. The van der Waals surface area contributed by atoms with E-state index < -0.39 is 5.82 Å². The average molecular weight is 446 g/mol. The lowest BCUT2D eigenvalue weighted by Crippen LogP contribution is -2.42. The standard InChI is InChI=1S/C22H25ClFN5O2/c1-5-25-22(30)13(2)29(3)11-14-9-15-18(10-19(14)31-4)26-12-27-21(15)28-17-8-6-7-16(23)20(17)24/h6-10,12-13H,5,11H2,1-4H3,(H,25,30)(H,26,27,28)/t13-/m1/s1. The fourth-order valence-electron chi connectivity index (χ4n) is 3.20. The van der Waals surface area contributed by atoms with Crippen molar-refractivity contribution >= 4 is 39.9 Å². The van der Waals surface area contributed by atoms with Crippen LogP contribution in [-0.4, -0.2) is 47.5 Å². The number of aromatic nitrogens is 2. The van der Waals surface area contributed by atoms with Gasteiger partial charge < -0.3 is 15.4 Å². The highest BCUT2D eigenvalue weighted by molar-refractivity contribution is 6.31. The summed E-state index contributed by atoms with van der Waals surface area (Å²) in [6.07, 6.45) is 1.40. The second kappa shape index (κ2) is 9.89. The van der Waals surface area contributed by atoms with Crippen molar-refractivity contribution in [3.05, 3.63) is 53.1 Å². The van der Waals surface area contributed by atoms with Crippen LogP contribution in [0.25, 0.3) is 10.9 Å². The van der Waals surface area contributed by atoms with E-state index in [2.05, 4.69) is 20.6 Å². The highest BCUT2D eigenvalue weighted by Crippen LogP contribution is 2.32. The largest absolute Gasteiger partial charge is 0.496 e. The molecule has 0 unspecified atom stereocenters. The molecule has 0 saturated carbocycles. The van der Waals surface area contributed by atoms with E-state index in [0.29, 0.717) is 35.6 Å². The summed E-state index contributed by atoms with van der Waals surface area (Å²) in [4.78, 5) is 22.7. The molecule has 0 bridgehead atoms. The highest BCUT2D eigenvalue weighted by Gasteiger charge is 2.20. The summed E-state index contributed by atoms with van der Waals surface area (Å²) in [5, 5.41) is 6.54. The van der Waals surface area contributed by atoms with Crippen LogP contribution < -0.4 is 15.4 Å². The lowest BCUT2D eigenvalue weighted by Gasteiger charge is -2.24. The smallest absolute Gasteiger partial charge is 0.237 e. The van der Waals surface area contributed by atoms with Crippen LogP contribution in [0, 0.1) is 5.82 Å². The Morgan fingerprint density at radius 1 is 1.32 bits per heavy atom. The van der Waals surface area contributed by atoms with E-state index in [0.717, 1.165) is 5.56 Å². The topological polar surface area (TPSA) is 79.4 Å². The minimum Gasteiger partial charge on any atom is -0.496 e. The van der Waals surface area contributed by atoms with Crippen LogP contribution in [0.15, 0.2) is 36.7 Å². The molecule has 2 aromatic carbocycles. The van der Waals surface area contributed by atoms with Gasteiger partial charge in [0, 0.05) is 30.1 Å². The zero-order chi connectivity index (χ0) is 22.5. The maximum absolute atomic E-state index is 14.4. The number of nitrogens with one attached hydrogen (secondary N) is 2. The van der Waals surface area contributed by atoms with Crippen LogP contribution in [0.3, 0.4) is 0 Å². The van der Waals surface area contributed by atoms with E-state index >= 15 is 0 Å². The first kappa shape index (κ1) is 22.7. The molecule has 31 heavy (non-hydrogen) atoms. The number of hydrogen-bond donors (Lipinski definition) is 2. The van der Waals surface area contributed by atoms with Crippen molar-refractivity contribution in [1.29, 1.82) is 0 Å². The lowest BCUT2D eigenvalue weighted by atomic mass is 10.1. The quantitative estimate of drug-likeness (QED) is 0.542. The van der Waals surface area contributed by atoms with Gasteiger partial charge in [0.15, 0.2) is 5.82 Å². The number of hydrogen-bond acceptors (Lipinski definition) is 6. The van der Waals surface area contributed by atoms with E-state index in [9.17, 15) is 9.18 Å². The first-order valence-electron chi connectivity index (χ1n) is 9.86. The minimum atomic E-state index is -0.555. The van der Waals surface area contributed by atoms with Crippen molar-refractivity contribution in [2.45, 2.75) is 26.4 Å². The van der Waals surface area contributed by atoms with Crippen LogP contribution >= 0.6 is 11.6 Å². The number of methoxy groups -OCH3 is 1. The van der Waals surface area contributed by atoms with Gasteiger partial charge in [-0.1, -0.05) is 17.7 Å². The minimum absolute atomic E-state index is 0.0201. The molecular weight excluding hydrogens is 421 g/mol. The van der Waals surface area contributed by atoms with Gasteiger partial charge in [-0.05, 0) is 39.1 Å². The molecule has 9 heteroatoms. The normalized spacial score (nSPS) is 12.1. The lowest BCUT2D eigenvalue weighted by molar-refractivity contribution is -0.125. The monoisotopic (exact) mass is 445 g/mol. The molecule has 1 amide bonds. The Morgan fingerprint density at radius 3 is 2.81 bits per heavy atom. The molecule has 0 aliphatic rings. The predicted molar refractivity (Wildman–Crippen MR) is 120 cm³/mol. The number of likely N-dealkylation sites (N-methyl/N-ethyl adjacent to an activating group) is 2. The molecule has 3 aromatic rings. The summed E-state index contributed by atoms with van der Waals surface area (Å²) in [7, 11) is 3.45. The number of anilines is 2. The molecule has 1 aromatic heterocycles. The molecule has 0 fully saturated rings. The maximum Gasteiger partial charge on any atom is 0.237 e. The second-order valence-electron chi connectivity index (χ2n) is 7.12. The number of amides is 1. The zero-order valence-corrected chi connectivity index (χ0v) is 18.6. The van der Waals surface area contributed by atoms with Gasteiger partial charge in [-0.3, -0.25) is 9.69 Å². The third kappa shape index (κ3) is 5.03. The molecular formula is C22H25ClFN5O2. The predicted octanol–water partition coefficient (Wildman–Crippen LogP) is 4.13. The number of carbonyl (C=O) groups is 1. The van der Waals surface area contributed by atoms with Gasteiger partial charge in [0.25, 0.3) is 0 Å². The van der Waals surface area contributed by atoms with Crippen molar-refractivity contribution in [3.8, 4) is 5.75 Å². The average Bonchev–Trinajstić information content (AvgIpc) is 2.76. The molecule has 0 radical (unpaired) electrons. The van der Waals surface area contributed by atoms with E-state index in [4.69, 9.17) is 16.3 Å². The second-order valence-corrected chi connectivity index (χ2v) is 7.52. The van der Waals surface area contributed by atoms with Gasteiger partial charge >= 0.3 is 0 Å². The molecule has 3 rings (SSSR count). The van der Waals surface area contributed by atoms with E-state index in [1.807, 2.05) is 31.9 Å². The number of nitrogens with zero attached hydrogens (tertiary/aromatic N) is 3. The van der Waals surface area contributed by atoms with Gasteiger partial charge in [-0.2, -0.15) is 0 Å². The van der Waals surface area contributed by atoms with Crippen molar-refractivity contribution in [3.63, 3.8) is 0 Å². The summed E-state index contributed by atoms with van der Waals surface area (Å²) < 4.78 is 19.9. The van der Waals surface area contributed by atoms with Crippen LogP contribution in [0.2, 0.25) is 5.02 Å². The number of ether oxygens (including phenoxy) is 1. The van der Waals surface area contributed by atoms with Crippen molar-refractivity contribution in [1.82, 2.24) is 20.2 Å². The molecule has 164 valence electrons.